The molecule has 1 aliphatic rings. The number of esters is 1. The number of allylic oxidation sites excluding steroid dienone is 1. The molecule has 236 valence electrons. The van der Waals surface area contributed by atoms with Gasteiger partial charge in [0.05, 0.1) is 58.6 Å². The van der Waals surface area contributed by atoms with Crippen LogP contribution in [-0.4, -0.2) is 41.2 Å². The molecular formula is C31H26N4O10S. The second-order valence-electron chi connectivity index (χ2n) is 9.75. The summed E-state index contributed by atoms with van der Waals surface area (Å²) in [6.45, 7) is 3.54. The summed E-state index contributed by atoms with van der Waals surface area (Å²) >= 11 is 1.14. The van der Waals surface area contributed by atoms with Crippen LogP contribution in [0.2, 0.25) is 0 Å². The first-order valence-corrected chi connectivity index (χ1v) is 14.5. The van der Waals surface area contributed by atoms with E-state index in [1.165, 1.54) is 17.7 Å². The number of hydrogen-bond donors (Lipinski definition) is 0. The molecule has 0 N–H and O–H groups in total. The Kier molecular flexibility index (Phi) is 8.95. The number of aromatic nitrogens is 1. The van der Waals surface area contributed by atoms with Crippen molar-refractivity contribution in [1.82, 2.24) is 4.57 Å². The van der Waals surface area contributed by atoms with Gasteiger partial charge in [0.1, 0.15) is 5.75 Å². The van der Waals surface area contributed by atoms with Crippen molar-refractivity contribution >= 4 is 34.8 Å². The molecule has 0 saturated carbocycles. The Morgan fingerprint density at radius 2 is 1.70 bits per heavy atom. The van der Waals surface area contributed by atoms with E-state index < -0.39 is 33.2 Å². The van der Waals surface area contributed by atoms with Crippen LogP contribution in [0.3, 0.4) is 0 Å². The Morgan fingerprint density at radius 3 is 2.33 bits per heavy atom. The van der Waals surface area contributed by atoms with Gasteiger partial charge in [-0.05, 0) is 61.4 Å². The fraction of sp³-hybridized carbons (Fsp3) is 0.194. The van der Waals surface area contributed by atoms with Gasteiger partial charge in [0.25, 0.3) is 11.2 Å². The van der Waals surface area contributed by atoms with Crippen molar-refractivity contribution in [3.8, 4) is 23.0 Å². The lowest BCUT2D eigenvalue weighted by atomic mass is 9.96. The molecule has 1 unspecified atom stereocenters. The molecule has 46 heavy (non-hydrogen) atoms. The number of nitrogens with zero attached hydrogens (tertiary/aromatic N) is 4. The van der Waals surface area contributed by atoms with Gasteiger partial charge in [-0.2, -0.15) is 0 Å². The Balaban J connectivity index is 1.57. The number of fused-ring (bicyclic) bond motifs is 1. The normalized spacial score (nSPS) is 14.3. The molecular weight excluding hydrogens is 620 g/mol. The molecule has 0 bridgehead atoms. The number of nitro groups is 2. The van der Waals surface area contributed by atoms with Crippen LogP contribution in [-0.2, 0) is 9.53 Å². The van der Waals surface area contributed by atoms with Crippen molar-refractivity contribution in [2.45, 2.75) is 19.9 Å². The van der Waals surface area contributed by atoms with Gasteiger partial charge in [-0.15, -0.1) is 0 Å². The van der Waals surface area contributed by atoms with E-state index in [0.717, 1.165) is 29.5 Å². The van der Waals surface area contributed by atoms with Crippen LogP contribution in [0.15, 0.2) is 81.7 Å². The number of hydrogen-bond acceptors (Lipinski definition) is 12. The second kappa shape index (κ2) is 13.0. The van der Waals surface area contributed by atoms with Crippen molar-refractivity contribution in [1.29, 1.82) is 0 Å². The van der Waals surface area contributed by atoms with E-state index in [-0.39, 0.29) is 35.0 Å². The molecule has 1 aromatic heterocycles. The van der Waals surface area contributed by atoms with Crippen LogP contribution in [0, 0.1) is 20.2 Å². The summed E-state index contributed by atoms with van der Waals surface area (Å²) in [4.78, 5) is 53.1. The zero-order valence-corrected chi connectivity index (χ0v) is 25.7. The third kappa shape index (κ3) is 6.08. The fourth-order valence-corrected chi connectivity index (χ4v) is 5.92. The topological polar surface area (TPSA) is 175 Å². The van der Waals surface area contributed by atoms with E-state index >= 15 is 0 Å². The van der Waals surface area contributed by atoms with Crippen LogP contribution < -0.4 is 29.1 Å². The van der Waals surface area contributed by atoms with Crippen molar-refractivity contribution in [2.24, 2.45) is 4.99 Å². The highest BCUT2D eigenvalue weighted by molar-refractivity contribution is 7.07. The highest BCUT2D eigenvalue weighted by Gasteiger charge is 2.33. The first kappa shape index (κ1) is 31.6. The molecule has 0 radical (unpaired) electrons. The van der Waals surface area contributed by atoms with Crippen molar-refractivity contribution in [3.63, 3.8) is 0 Å². The number of methoxy groups -OCH3 is 2. The molecule has 14 nitrogen and oxygen atoms in total. The molecule has 2 heterocycles. The molecule has 15 heteroatoms. The van der Waals surface area contributed by atoms with Gasteiger partial charge >= 0.3 is 11.7 Å². The molecule has 3 aromatic carbocycles. The molecule has 0 fully saturated rings. The predicted molar refractivity (Wildman–Crippen MR) is 166 cm³/mol. The van der Waals surface area contributed by atoms with Crippen LogP contribution in [0.4, 0.5) is 11.4 Å². The minimum Gasteiger partial charge on any atom is -0.497 e. The van der Waals surface area contributed by atoms with Crippen molar-refractivity contribution < 1.29 is 33.6 Å². The van der Waals surface area contributed by atoms with Crippen LogP contribution in [0.5, 0.6) is 23.0 Å². The van der Waals surface area contributed by atoms with E-state index in [2.05, 4.69) is 4.99 Å². The number of benzene rings is 3. The van der Waals surface area contributed by atoms with Crippen LogP contribution in [0.1, 0.15) is 31.0 Å². The Hall–Kier alpha value is -5.83. The average Bonchev–Trinajstić information content (AvgIpc) is 3.34. The fourth-order valence-electron chi connectivity index (χ4n) is 4.87. The molecule has 0 spiro atoms. The van der Waals surface area contributed by atoms with Crippen molar-refractivity contribution in [2.75, 3.05) is 20.8 Å². The lowest BCUT2D eigenvalue weighted by Crippen LogP contribution is -2.39. The van der Waals surface area contributed by atoms with E-state index in [9.17, 15) is 29.8 Å². The second-order valence-corrected chi connectivity index (χ2v) is 10.8. The summed E-state index contributed by atoms with van der Waals surface area (Å²) in [5, 5.41) is 22.6. The van der Waals surface area contributed by atoms with Gasteiger partial charge in [0.2, 0.25) is 5.75 Å². The zero-order valence-electron chi connectivity index (χ0n) is 24.9. The number of thiazole rings is 1. The SMILES string of the molecule is CCOC(=O)C1=C(C)N=c2s/c(=C\c3ccc(Oc4ccc([N+](=O)[O-])cc4[N+](=O)[O-])c(OC)c3)c(=O)n2C1c1ccc(OC)cc1. The largest absolute Gasteiger partial charge is 0.497 e. The van der Waals surface area contributed by atoms with Crippen LogP contribution >= 0.6 is 11.3 Å². The Morgan fingerprint density at radius 1 is 0.978 bits per heavy atom. The summed E-state index contributed by atoms with van der Waals surface area (Å²) < 4.78 is 23.6. The third-order valence-electron chi connectivity index (χ3n) is 7.00. The highest BCUT2D eigenvalue weighted by Crippen LogP contribution is 2.38. The third-order valence-corrected chi connectivity index (χ3v) is 7.99. The maximum absolute atomic E-state index is 13.9. The highest BCUT2D eigenvalue weighted by atomic mass is 32.1. The molecule has 0 amide bonds. The molecule has 1 atom stereocenters. The molecule has 1 aliphatic heterocycles. The van der Waals surface area contributed by atoms with Gasteiger partial charge in [-0.1, -0.05) is 29.5 Å². The van der Waals surface area contributed by atoms with Gasteiger partial charge in [0, 0.05) is 6.07 Å². The minimum atomic E-state index is -0.800. The molecule has 5 rings (SSSR count). The number of ether oxygens (including phenoxy) is 4. The first-order valence-electron chi connectivity index (χ1n) is 13.7. The van der Waals surface area contributed by atoms with E-state index in [0.29, 0.717) is 31.9 Å². The van der Waals surface area contributed by atoms with Gasteiger partial charge < -0.3 is 18.9 Å². The molecule has 4 aromatic rings. The number of carbonyl (C=O) groups is 1. The smallest absolute Gasteiger partial charge is 0.338 e. The van der Waals surface area contributed by atoms with Crippen molar-refractivity contribution in [3.05, 3.63) is 123 Å². The summed E-state index contributed by atoms with van der Waals surface area (Å²) in [6.07, 6.45) is 1.62. The van der Waals surface area contributed by atoms with E-state index in [1.54, 1.807) is 63.4 Å². The Bertz CT molecular complexity index is 2080. The minimum absolute atomic E-state index is 0.104. The average molecular weight is 647 g/mol. The molecule has 0 aliphatic carbocycles. The van der Waals surface area contributed by atoms with Crippen LogP contribution in [0.25, 0.3) is 6.08 Å². The van der Waals surface area contributed by atoms with Gasteiger partial charge in [0.15, 0.2) is 16.3 Å². The van der Waals surface area contributed by atoms with Gasteiger partial charge in [-0.25, -0.2) is 9.79 Å². The quantitative estimate of drug-likeness (QED) is 0.136. The summed E-state index contributed by atoms with van der Waals surface area (Å²) in [7, 11) is 2.91. The molecule has 0 saturated heterocycles. The number of carbonyl (C=O) groups excluding carboxylic acids is 1. The Labute approximate surface area is 264 Å². The van der Waals surface area contributed by atoms with E-state index in [1.807, 2.05) is 0 Å². The zero-order chi connectivity index (χ0) is 33.1. The summed E-state index contributed by atoms with van der Waals surface area (Å²) in [5.74, 6) is 0.103. The van der Waals surface area contributed by atoms with E-state index in [4.69, 9.17) is 18.9 Å². The predicted octanol–water partition coefficient (Wildman–Crippen LogP) is 4.42. The lowest BCUT2D eigenvalue weighted by Gasteiger charge is -2.24. The summed E-state index contributed by atoms with van der Waals surface area (Å²) in [5.41, 5.74) is 0.431. The number of nitro benzene ring substituents is 2. The lowest BCUT2D eigenvalue weighted by molar-refractivity contribution is -0.394. The number of non-ortho nitro benzene ring substituents is 1. The first-order chi connectivity index (χ1) is 22.1. The standard InChI is InChI=1S/C31H26N4O10S/c1-5-44-30(37)27-17(2)32-31-33(28(27)19-7-10-21(42-3)11-8-19)29(36)26(46-31)15-18-6-12-24(25(14-18)43-4)45-23-13-9-20(34(38)39)16-22(23)35(40)41/h6-16,28H,5H2,1-4H3/b26-15-. The maximum atomic E-state index is 13.9. The maximum Gasteiger partial charge on any atom is 0.338 e. The summed E-state index contributed by atoms with van der Waals surface area (Å²) in [6, 6.07) is 14.0. The monoisotopic (exact) mass is 646 g/mol. The number of rotatable bonds is 10. The van der Waals surface area contributed by atoms with Gasteiger partial charge in [-0.3, -0.25) is 29.6 Å².